The first-order valence-corrected chi connectivity index (χ1v) is 11.7. The van der Waals surface area contributed by atoms with Crippen LogP contribution in [0.25, 0.3) is 11.1 Å². The summed E-state index contributed by atoms with van der Waals surface area (Å²) in [7, 11) is 0. The zero-order valence-corrected chi connectivity index (χ0v) is 18.9. The summed E-state index contributed by atoms with van der Waals surface area (Å²) in [6.45, 7) is 6.45. The molecule has 5 rings (SSSR count). The molecule has 1 aliphatic carbocycles. The van der Waals surface area contributed by atoms with Crippen molar-refractivity contribution in [1.82, 2.24) is 14.4 Å². The highest BCUT2D eigenvalue weighted by Crippen LogP contribution is 2.29. The molecular weight excluding hydrogens is 402 g/mol. The Hall–Kier alpha value is -3.02. The fraction of sp³-hybridized carbons (Fsp3) is 0.462. The van der Waals surface area contributed by atoms with E-state index in [0.717, 1.165) is 42.3 Å². The zero-order chi connectivity index (χ0) is 22.2. The van der Waals surface area contributed by atoms with Crippen LogP contribution < -0.4 is 0 Å². The number of carbonyl (C=O) groups excluding carboxylic acids is 2. The number of benzene rings is 1. The first-order chi connectivity index (χ1) is 15.5. The lowest BCUT2D eigenvalue weighted by atomic mass is 10.0. The number of nitrogens with zero attached hydrogens (tertiary/aromatic N) is 3. The molecule has 1 aliphatic heterocycles. The van der Waals surface area contributed by atoms with Gasteiger partial charge < -0.3 is 18.8 Å². The highest BCUT2D eigenvalue weighted by atomic mass is 16.3. The topological polar surface area (TPSA) is 58.7 Å². The van der Waals surface area contributed by atoms with E-state index in [4.69, 9.17) is 4.42 Å². The molecule has 3 heterocycles. The van der Waals surface area contributed by atoms with Gasteiger partial charge in [-0.1, -0.05) is 42.7 Å². The molecule has 6 heteroatoms. The lowest BCUT2D eigenvalue weighted by Crippen LogP contribution is -2.56. The van der Waals surface area contributed by atoms with Crippen molar-refractivity contribution in [2.24, 2.45) is 5.92 Å². The fourth-order valence-corrected chi connectivity index (χ4v) is 5.34. The monoisotopic (exact) mass is 433 g/mol. The van der Waals surface area contributed by atoms with Gasteiger partial charge in [-0.05, 0) is 44.4 Å². The van der Waals surface area contributed by atoms with E-state index in [9.17, 15) is 9.59 Å². The molecule has 168 valence electrons. The second-order valence-corrected chi connectivity index (χ2v) is 9.40. The Kier molecular flexibility index (Phi) is 5.53. The van der Waals surface area contributed by atoms with Gasteiger partial charge in [-0.15, -0.1) is 0 Å². The second kappa shape index (κ2) is 8.49. The Bertz CT molecular complexity index is 1140. The third-order valence-electron chi connectivity index (χ3n) is 7.05. The molecule has 1 saturated carbocycles. The molecule has 0 radical (unpaired) electrons. The highest BCUT2D eigenvalue weighted by molar-refractivity contribution is 5.98. The molecule has 2 fully saturated rings. The molecule has 0 bridgehead atoms. The number of carbonyl (C=O) groups is 2. The first kappa shape index (κ1) is 20.9. The van der Waals surface area contributed by atoms with Gasteiger partial charge in [0.2, 0.25) is 11.6 Å². The summed E-state index contributed by atoms with van der Waals surface area (Å²) < 4.78 is 7.71. The lowest BCUT2D eigenvalue weighted by Gasteiger charge is -2.41. The van der Waals surface area contributed by atoms with Crippen LogP contribution in [0.3, 0.4) is 0 Å². The third kappa shape index (κ3) is 3.83. The quantitative estimate of drug-likeness (QED) is 0.611. The van der Waals surface area contributed by atoms with Crippen LogP contribution in [-0.2, 0) is 11.3 Å². The standard InChI is InChI=1S/C26H31N3O3/c1-18-6-5-7-20(14-18)17-29-23(15-22-10-13-32-26(22)29)25(31)27-11-12-28(19(2)16-27)24(30)21-8-3-4-9-21/h5-7,10,13-15,19,21H,3-4,8-9,11-12,16-17H2,1-2H3/t19-/m0/s1. The predicted octanol–water partition coefficient (Wildman–Crippen LogP) is 4.45. The van der Waals surface area contributed by atoms with Crippen molar-refractivity contribution in [3.05, 3.63) is 59.5 Å². The average molecular weight is 434 g/mol. The third-order valence-corrected chi connectivity index (χ3v) is 7.05. The van der Waals surface area contributed by atoms with E-state index in [2.05, 4.69) is 32.0 Å². The molecular formula is C26H31N3O3. The van der Waals surface area contributed by atoms with Crippen LogP contribution in [0.15, 0.2) is 47.1 Å². The van der Waals surface area contributed by atoms with E-state index in [1.165, 1.54) is 5.56 Å². The van der Waals surface area contributed by atoms with E-state index >= 15 is 0 Å². The first-order valence-electron chi connectivity index (χ1n) is 11.7. The van der Waals surface area contributed by atoms with Crippen LogP contribution in [0, 0.1) is 12.8 Å². The smallest absolute Gasteiger partial charge is 0.270 e. The number of amides is 2. The minimum atomic E-state index is 0.00358. The SMILES string of the molecule is Cc1cccc(Cn2c(C(=O)N3CCN(C(=O)C4CCCC4)[C@@H](C)C3)cc3ccoc32)c1. The van der Waals surface area contributed by atoms with E-state index in [1.54, 1.807) is 6.26 Å². The molecule has 0 unspecified atom stereocenters. The van der Waals surface area contributed by atoms with Crippen LogP contribution >= 0.6 is 0 Å². The molecule has 2 amide bonds. The van der Waals surface area contributed by atoms with Gasteiger partial charge in [0.05, 0.1) is 12.8 Å². The predicted molar refractivity (Wildman–Crippen MR) is 124 cm³/mol. The van der Waals surface area contributed by atoms with Gasteiger partial charge in [-0.25, -0.2) is 0 Å². The summed E-state index contributed by atoms with van der Waals surface area (Å²) >= 11 is 0. The second-order valence-electron chi connectivity index (χ2n) is 9.40. The van der Waals surface area contributed by atoms with Gasteiger partial charge in [0.1, 0.15) is 5.69 Å². The van der Waals surface area contributed by atoms with Crippen LogP contribution in [0.2, 0.25) is 0 Å². The van der Waals surface area contributed by atoms with Crippen LogP contribution in [0.4, 0.5) is 0 Å². The maximum absolute atomic E-state index is 13.6. The Balaban J connectivity index is 1.36. The van der Waals surface area contributed by atoms with Crippen molar-refractivity contribution < 1.29 is 14.0 Å². The van der Waals surface area contributed by atoms with Crippen molar-refractivity contribution in [2.45, 2.75) is 52.1 Å². The van der Waals surface area contributed by atoms with Crippen molar-refractivity contribution in [1.29, 1.82) is 0 Å². The molecule has 1 aromatic carbocycles. The summed E-state index contributed by atoms with van der Waals surface area (Å²) in [5.41, 5.74) is 3.69. The number of piperazine rings is 1. The molecule has 1 atom stereocenters. The minimum Gasteiger partial charge on any atom is -0.448 e. The molecule has 6 nitrogen and oxygen atoms in total. The number of rotatable bonds is 4. The van der Waals surface area contributed by atoms with Gasteiger partial charge in [-0.2, -0.15) is 0 Å². The summed E-state index contributed by atoms with van der Waals surface area (Å²) in [5, 5.41) is 0.934. The normalized spacial score (nSPS) is 19.8. The number of furan rings is 1. The van der Waals surface area contributed by atoms with E-state index < -0.39 is 0 Å². The van der Waals surface area contributed by atoms with E-state index in [-0.39, 0.29) is 23.8 Å². The summed E-state index contributed by atoms with van der Waals surface area (Å²) in [4.78, 5) is 30.4. The maximum Gasteiger partial charge on any atom is 0.270 e. The Morgan fingerprint density at radius 2 is 1.91 bits per heavy atom. The van der Waals surface area contributed by atoms with Gasteiger partial charge in [0.25, 0.3) is 5.91 Å². The lowest BCUT2D eigenvalue weighted by molar-refractivity contribution is -0.139. The number of hydrogen-bond donors (Lipinski definition) is 0. The summed E-state index contributed by atoms with van der Waals surface area (Å²) in [6.07, 6.45) is 6.00. The van der Waals surface area contributed by atoms with E-state index in [1.807, 2.05) is 32.6 Å². The Morgan fingerprint density at radius 1 is 1.09 bits per heavy atom. The Labute approximate surface area is 188 Å². The van der Waals surface area contributed by atoms with Gasteiger partial charge in [0.15, 0.2) is 0 Å². The molecule has 32 heavy (non-hydrogen) atoms. The summed E-state index contributed by atoms with van der Waals surface area (Å²) in [5.74, 6) is 0.462. The highest BCUT2D eigenvalue weighted by Gasteiger charge is 2.35. The van der Waals surface area contributed by atoms with Crippen molar-refractivity contribution in [3.8, 4) is 0 Å². The van der Waals surface area contributed by atoms with Gasteiger partial charge >= 0.3 is 0 Å². The molecule has 3 aromatic rings. The molecule has 1 saturated heterocycles. The molecule has 0 spiro atoms. The minimum absolute atomic E-state index is 0.00358. The van der Waals surface area contributed by atoms with Gasteiger partial charge in [-0.3, -0.25) is 9.59 Å². The van der Waals surface area contributed by atoms with Crippen molar-refractivity contribution in [2.75, 3.05) is 19.6 Å². The summed E-state index contributed by atoms with van der Waals surface area (Å²) in [6, 6.07) is 12.2. The molecule has 2 aliphatic rings. The van der Waals surface area contributed by atoms with Crippen LogP contribution in [-0.4, -0.2) is 51.9 Å². The van der Waals surface area contributed by atoms with Gasteiger partial charge in [0, 0.05) is 37.0 Å². The number of aromatic nitrogens is 1. The number of aryl methyl sites for hydroxylation is 1. The number of hydrogen-bond acceptors (Lipinski definition) is 3. The fourth-order valence-electron chi connectivity index (χ4n) is 5.34. The molecule has 2 aromatic heterocycles. The zero-order valence-electron chi connectivity index (χ0n) is 18.9. The number of fused-ring (bicyclic) bond motifs is 1. The largest absolute Gasteiger partial charge is 0.448 e. The van der Waals surface area contributed by atoms with Crippen molar-refractivity contribution >= 4 is 22.9 Å². The van der Waals surface area contributed by atoms with Crippen LogP contribution in [0.1, 0.15) is 54.2 Å². The van der Waals surface area contributed by atoms with Crippen molar-refractivity contribution in [3.63, 3.8) is 0 Å². The van der Waals surface area contributed by atoms with E-state index in [0.29, 0.717) is 31.9 Å². The van der Waals surface area contributed by atoms with Crippen LogP contribution in [0.5, 0.6) is 0 Å². The Morgan fingerprint density at radius 3 is 2.66 bits per heavy atom. The maximum atomic E-state index is 13.6. The average Bonchev–Trinajstić information content (AvgIpc) is 3.52. The molecule has 0 N–H and O–H groups in total.